The molecule has 12 heteroatoms. The average Bonchev–Trinajstić information content (AvgIpc) is 2.88. The Hall–Kier alpha value is -2.44. The number of ether oxygens (including phenoxy) is 1. The summed E-state index contributed by atoms with van der Waals surface area (Å²) in [6.45, 7) is 3.32. The fourth-order valence-electron chi connectivity index (χ4n) is 2.88. The van der Waals surface area contributed by atoms with Gasteiger partial charge in [-0.1, -0.05) is 6.07 Å². The van der Waals surface area contributed by atoms with E-state index in [0.29, 0.717) is 22.5 Å². The van der Waals surface area contributed by atoms with Gasteiger partial charge in [0, 0.05) is 24.2 Å². The molecule has 0 saturated carbocycles. The van der Waals surface area contributed by atoms with Crippen molar-refractivity contribution in [3.63, 3.8) is 0 Å². The Balaban J connectivity index is 2.43. The first kappa shape index (κ1) is 23.8. The maximum absolute atomic E-state index is 13.8. The lowest BCUT2D eigenvalue weighted by atomic mass is 10.0. The summed E-state index contributed by atoms with van der Waals surface area (Å²) in [5.74, 6) is -1.30. The first-order valence-corrected chi connectivity index (χ1v) is 10.3. The van der Waals surface area contributed by atoms with Gasteiger partial charge in [0.15, 0.2) is 0 Å². The van der Waals surface area contributed by atoms with Crippen LogP contribution >= 0.6 is 0 Å². The van der Waals surface area contributed by atoms with E-state index in [9.17, 15) is 26.0 Å². The number of alkyl halides is 3. The zero-order valence-corrected chi connectivity index (χ0v) is 17.4. The summed E-state index contributed by atoms with van der Waals surface area (Å²) in [6.07, 6.45) is -3.70. The van der Waals surface area contributed by atoms with Crippen molar-refractivity contribution in [2.45, 2.75) is 38.1 Å². The molecule has 0 saturated heterocycles. The molecule has 30 heavy (non-hydrogen) atoms. The molecule has 2 rings (SSSR count). The van der Waals surface area contributed by atoms with Crippen LogP contribution in [0.5, 0.6) is 5.75 Å². The molecule has 0 unspecified atom stereocenters. The van der Waals surface area contributed by atoms with Crippen molar-refractivity contribution >= 4 is 10.0 Å². The smallest absolute Gasteiger partial charge is 0.404 e. The lowest BCUT2D eigenvalue weighted by Crippen LogP contribution is -2.23. The molecule has 1 heterocycles. The van der Waals surface area contributed by atoms with Gasteiger partial charge in [0.2, 0.25) is 10.0 Å². The molecule has 0 fully saturated rings. The lowest BCUT2D eigenvalue weighted by molar-refractivity contribution is -0.275. The molecular weight excluding hydrogens is 428 g/mol. The molecule has 1 aromatic heterocycles. The van der Waals surface area contributed by atoms with Crippen molar-refractivity contribution < 1.29 is 30.7 Å². The van der Waals surface area contributed by atoms with Crippen molar-refractivity contribution in [2.24, 2.45) is 5.73 Å². The Morgan fingerprint density at radius 3 is 2.57 bits per heavy atom. The quantitative estimate of drug-likeness (QED) is 0.603. The van der Waals surface area contributed by atoms with Gasteiger partial charge < -0.3 is 10.5 Å². The van der Waals surface area contributed by atoms with E-state index in [1.165, 1.54) is 16.8 Å². The number of rotatable bonds is 8. The second-order valence-corrected chi connectivity index (χ2v) is 8.26. The SMILES string of the molecule is CNS(=O)(=O)c1ccc(Cc2c(C)nn(CC(F)=CCN)c2C)cc1OC(F)(F)F. The van der Waals surface area contributed by atoms with E-state index in [-0.39, 0.29) is 19.5 Å². The minimum Gasteiger partial charge on any atom is -0.404 e. The number of sulfonamides is 1. The maximum atomic E-state index is 13.8. The summed E-state index contributed by atoms with van der Waals surface area (Å²) >= 11 is 0. The number of halogens is 4. The van der Waals surface area contributed by atoms with E-state index in [1.54, 1.807) is 13.8 Å². The van der Waals surface area contributed by atoms with Crippen molar-refractivity contribution in [2.75, 3.05) is 13.6 Å². The van der Waals surface area contributed by atoms with Crippen LogP contribution in [0.25, 0.3) is 0 Å². The largest absolute Gasteiger partial charge is 0.573 e. The molecule has 0 aliphatic rings. The number of aromatic nitrogens is 2. The molecule has 0 amide bonds. The minimum absolute atomic E-state index is 0.0435. The Labute approximate surface area is 171 Å². The van der Waals surface area contributed by atoms with Crippen molar-refractivity contribution in [1.82, 2.24) is 14.5 Å². The van der Waals surface area contributed by atoms with Crippen molar-refractivity contribution in [3.8, 4) is 5.75 Å². The number of hydrogen-bond donors (Lipinski definition) is 2. The van der Waals surface area contributed by atoms with Gasteiger partial charge in [-0.05, 0) is 44.7 Å². The summed E-state index contributed by atoms with van der Waals surface area (Å²) in [6, 6.07) is 3.45. The molecule has 0 atom stereocenters. The molecule has 0 aliphatic heterocycles. The average molecular weight is 450 g/mol. The van der Waals surface area contributed by atoms with Gasteiger partial charge in [-0.3, -0.25) is 4.68 Å². The molecule has 7 nitrogen and oxygen atoms in total. The summed E-state index contributed by atoms with van der Waals surface area (Å²) in [5.41, 5.74) is 7.52. The van der Waals surface area contributed by atoms with Gasteiger partial charge in [-0.2, -0.15) is 5.10 Å². The Bertz CT molecular complexity index is 1050. The Morgan fingerprint density at radius 1 is 1.33 bits per heavy atom. The second-order valence-electron chi connectivity index (χ2n) is 6.41. The fraction of sp³-hybridized carbons (Fsp3) is 0.389. The van der Waals surface area contributed by atoms with Gasteiger partial charge in [0.25, 0.3) is 0 Å². The third-order valence-corrected chi connectivity index (χ3v) is 5.80. The highest BCUT2D eigenvalue weighted by atomic mass is 32.2. The van der Waals surface area contributed by atoms with Crippen molar-refractivity contribution in [1.29, 1.82) is 0 Å². The van der Waals surface area contributed by atoms with Gasteiger partial charge in [-0.25, -0.2) is 17.5 Å². The number of nitrogens with two attached hydrogens (primary N) is 1. The highest BCUT2D eigenvalue weighted by molar-refractivity contribution is 7.89. The Morgan fingerprint density at radius 2 is 2.00 bits per heavy atom. The monoisotopic (exact) mass is 450 g/mol. The maximum Gasteiger partial charge on any atom is 0.573 e. The Kier molecular flexibility index (Phi) is 7.27. The molecule has 0 aliphatic carbocycles. The van der Waals surface area contributed by atoms with Gasteiger partial charge in [0.1, 0.15) is 16.5 Å². The van der Waals surface area contributed by atoms with E-state index >= 15 is 0 Å². The summed E-state index contributed by atoms with van der Waals surface area (Å²) in [5, 5.41) is 4.26. The molecule has 0 spiro atoms. The van der Waals surface area contributed by atoms with E-state index in [4.69, 9.17) is 5.73 Å². The van der Waals surface area contributed by atoms with Gasteiger partial charge >= 0.3 is 6.36 Å². The molecular formula is C18H22F4N4O3S. The predicted octanol–water partition coefficient (Wildman–Crippen LogP) is 2.71. The van der Waals surface area contributed by atoms with Crippen LogP contribution in [-0.4, -0.2) is 38.2 Å². The van der Waals surface area contributed by atoms with Crippen LogP contribution in [0, 0.1) is 13.8 Å². The molecule has 0 radical (unpaired) electrons. The third kappa shape index (κ3) is 5.80. The highest BCUT2D eigenvalue weighted by Gasteiger charge is 2.34. The normalized spacial score (nSPS) is 13.0. The van der Waals surface area contributed by atoms with Crippen LogP contribution in [-0.2, 0) is 23.0 Å². The van der Waals surface area contributed by atoms with Crippen LogP contribution < -0.4 is 15.2 Å². The number of benzene rings is 1. The number of nitrogens with zero attached hydrogens (tertiary/aromatic N) is 2. The summed E-state index contributed by atoms with van der Waals surface area (Å²) < 4.78 is 83.5. The molecule has 166 valence electrons. The van der Waals surface area contributed by atoms with Gasteiger partial charge in [-0.15, -0.1) is 13.2 Å². The van der Waals surface area contributed by atoms with E-state index in [2.05, 4.69) is 9.84 Å². The number of hydrogen-bond acceptors (Lipinski definition) is 5. The highest BCUT2D eigenvalue weighted by Crippen LogP contribution is 2.32. The molecule has 0 bridgehead atoms. The van der Waals surface area contributed by atoms with Crippen LogP contribution in [0.4, 0.5) is 17.6 Å². The van der Waals surface area contributed by atoms with Crippen LogP contribution in [0.1, 0.15) is 22.5 Å². The standard InChI is InChI=1S/C18H22F4N4O3S/c1-11-15(12(2)26(25-11)10-14(19)6-7-23)8-13-4-5-17(30(27,28)24-3)16(9-13)29-18(20,21)22/h4-6,9,24H,7-8,10,23H2,1-3H3. The molecule has 3 N–H and O–H groups in total. The van der Waals surface area contributed by atoms with E-state index < -0.39 is 32.9 Å². The zero-order chi connectivity index (χ0) is 22.7. The minimum atomic E-state index is -5.07. The van der Waals surface area contributed by atoms with Crippen LogP contribution in [0.3, 0.4) is 0 Å². The lowest BCUT2D eigenvalue weighted by Gasteiger charge is -2.15. The second kappa shape index (κ2) is 9.14. The molecule has 1 aromatic carbocycles. The fourth-order valence-corrected chi connectivity index (χ4v) is 3.71. The first-order chi connectivity index (χ1) is 13.9. The third-order valence-electron chi connectivity index (χ3n) is 4.34. The van der Waals surface area contributed by atoms with Crippen LogP contribution in [0.15, 0.2) is 35.0 Å². The first-order valence-electron chi connectivity index (χ1n) is 8.77. The zero-order valence-electron chi connectivity index (χ0n) is 16.5. The summed E-state index contributed by atoms with van der Waals surface area (Å²) in [7, 11) is -3.09. The van der Waals surface area contributed by atoms with E-state index in [0.717, 1.165) is 19.2 Å². The van der Waals surface area contributed by atoms with Crippen molar-refractivity contribution in [3.05, 3.63) is 52.6 Å². The van der Waals surface area contributed by atoms with Gasteiger partial charge in [0.05, 0.1) is 12.2 Å². The van der Waals surface area contributed by atoms with E-state index in [1.807, 2.05) is 4.72 Å². The predicted molar refractivity (Wildman–Crippen MR) is 102 cm³/mol. The number of aryl methyl sites for hydroxylation is 1. The summed E-state index contributed by atoms with van der Waals surface area (Å²) in [4.78, 5) is -0.635. The topological polar surface area (TPSA) is 99.2 Å². The van der Waals surface area contributed by atoms with Crippen LogP contribution in [0.2, 0.25) is 0 Å². The number of nitrogens with one attached hydrogen (secondary N) is 1. The number of allylic oxidation sites excluding steroid dienone is 1. The molecule has 2 aromatic rings.